The summed E-state index contributed by atoms with van der Waals surface area (Å²) in [5.41, 5.74) is 4.53. The van der Waals surface area contributed by atoms with Crippen molar-refractivity contribution in [3.8, 4) is 0 Å². The number of aromatic nitrogens is 4. The van der Waals surface area contributed by atoms with Crippen molar-refractivity contribution in [2.45, 2.75) is 59.8 Å². The third kappa shape index (κ3) is 3.56. The quantitative estimate of drug-likeness (QED) is 0.817. The maximum absolute atomic E-state index is 9.08. The van der Waals surface area contributed by atoms with Gasteiger partial charge in [-0.05, 0) is 40.2 Å². The van der Waals surface area contributed by atoms with E-state index in [1.165, 1.54) is 11.1 Å². The number of hydrogen-bond donors (Lipinski definition) is 2. The van der Waals surface area contributed by atoms with E-state index >= 15 is 0 Å². The van der Waals surface area contributed by atoms with Crippen LogP contribution in [0.25, 0.3) is 0 Å². The molecule has 0 saturated carbocycles. The fourth-order valence-electron chi connectivity index (χ4n) is 2.62. The number of hydrogen-bond acceptors (Lipinski definition) is 4. The first kappa shape index (κ1) is 16.7. The Morgan fingerprint density at radius 1 is 1.27 bits per heavy atom. The highest BCUT2D eigenvalue weighted by molar-refractivity contribution is 5.24. The van der Waals surface area contributed by atoms with Crippen LogP contribution in [0.15, 0.2) is 12.4 Å². The average molecular weight is 305 g/mol. The second kappa shape index (κ2) is 7.07. The second-order valence-electron chi connectivity index (χ2n) is 6.00. The van der Waals surface area contributed by atoms with E-state index < -0.39 is 0 Å². The van der Waals surface area contributed by atoms with Crippen LogP contribution in [0.5, 0.6) is 0 Å². The molecule has 2 N–H and O–H groups in total. The van der Waals surface area contributed by atoms with Crippen LogP contribution in [0, 0.1) is 20.8 Å². The Morgan fingerprint density at radius 3 is 2.59 bits per heavy atom. The van der Waals surface area contributed by atoms with Crippen LogP contribution in [0.1, 0.15) is 42.4 Å². The molecule has 2 rings (SSSR count). The van der Waals surface area contributed by atoms with Crippen molar-refractivity contribution >= 4 is 0 Å². The summed E-state index contributed by atoms with van der Waals surface area (Å²) in [5, 5.41) is 21.5. The van der Waals surface area contributed by atoms with E-state index in [1.807, 2.05) is 22.5 Å². The normalized spacial score (nSPS) is 14.3. The van der Waals surface area contributed by atoms with Crippen LogP contribution in [0.2, 0.25) is 0 Å². The largest absolute Gasteiger partial charge is 0.394 e. The Bertz CT molecular complexity index is 616. The van der Waals surface area contributed by atoms with Crippen molar-refractivity contribution in [3.63, 3.8) is 0 Å². The van der Waals surface area contributed by atoms with Crippen LogP contribution in [0.4, 0.5) is 0 Å². The standard InChI is InChI=1S/C16H27N5O/c1-11-8-18-21(10-11)14(4)12(2)17-9-16-13(3)19-20(6-7-22)15(16)5/h8,10,12,14,17,22H,6-7,9H2,1-5H3/t12-,14-/m1/s1. The number of rotatable bonds is 7. The van der Waals surface area contributed by atoms with Gasteiger partial charge in [0.15, 0.2) is 0 Å². The number of aliphatic hydroxyl groups is 1. The highest BCUT2D eigenvalue weighted by atomic mass is 16.3. The van der Waals surface area contributed by atoms with E-state index in [1.54, 1.807) is 0 Å². The van der Waals surface area contributed by atoms with E-state index in [2.05, 4.69) is 49.4 Å². The molecule has 0 bridgehead atoms. The molecule has 0 fully saturated rings. The minimum atomic E-state index is 0.112. The summed E-state index contributed by atoms with van der Waals surface area (Å²) in [4.78, 5) is 0. The Balaban J connectivity index is 2.00. The molecule has 0 saturated heterocycles. The smallest absolute Gasteiger partial charge is 0.0644 e. The minimum Gasteiger partial charge on any atom is -0.394 e. The minimum absolute atomic E-state index is 0.112. The van der Waals surface area contributed by atoms with Crippen molar-refractivity contribution in [1.29, 1.82) is 0 Å². The van der Waals surface area contributed by atoms with Gasteiger partial charge in [0.1, 0.15) is 0 Å². The van der Waals surface area contributed by atoms with E-state index in [4.69, 9.17) is 5.11 Å². The lowest BCUT2D eigenvalue weighted by Crippen LogP contribution is -2.33. The van der Waals surface area contributed by atoms with E-state index in [9.17, 15) is 0 Å². The van der Waals surface area contributed by atoms with E-state index in [0.29, 0.717) is 12.6 Å². The van der Waals surface area contributed by atoms with Gasteiger partial charge in [0, 0.05) is 30.0 Å². The molecule has 0 aromatic carbocycles. The summed E-state index contributed by atoms with van der Waals surface area (Å²) in [6, 6.07) is 0.570. The molecule has 6 nitrogen and oxygen atoms in total. The highest BCUT2D eigenvalue weighted by Gasteiger charge is 2.17. The highest BCUT2D eigenvalue weighted by Crippen LogP contribution is 2.15. The monoisotopic (exact) mass is 305 g/mol. The first-order chi connectivity index (χ1) is 10.4. The summed E-state index contributed by atoms with van der Waals surface area (Å²) in [7, 11) is 0. The molecule has 2 heterocycles. The summed E-state index contributed by atoms with van der Waals surface area (Å²) >= 11 is 0. The van der Waals surface area contributed by atoms with Crippen LogP contribution in [0.3, 0.4) is 0 Å². The van der Waals surface area contributed by atoms with Crippen molar-refractivity contribution in [2.24, 2.45) is 0 Å². The molecule has 0 unspecified atom stereocenters. The van der Waals surface area contributed by atoms with Gasteiger partial charge in [-0.15, -0.1) is 0 Å². The molecule has 22 heavy (non-hydrogen) atoms. The molecule has 0 aliphatic heterocycles. The van der Waals surface area contributed by atoms with Gasteiger partial charge in [-0.1, -0.05) is 0 Å². The third-order valence-corrected chi connectivity index (χ3v) is 4.32. The summed E-state index contributed by atoms with van der Waals surface area (Å²) in [6.07, 6.45) is 3.95. The number of aliphatic hydroxyl groups excluding tert-OH is 1. The Labute approximate surface area is 132 Å². The van der Waals surface area contributed by atoms with Crippen LogP contribution in [-0.2, 0) is 13.1 Å². The van der Waals surface area contributed by atoms with Gasteiger partial charge in [-0.2, -0.15) is 10.2 Å². The lowest BCUT2D eigenvalue weighted by atomic mass is 10.1. The molecule has 6 heteroatoms. The predicted molar refractivity (Wildman–Crippen MR) is 86.8 cm³/mol. The number of nitrogens with one attached hydrogen (secondary N) is 1. The van der Waals surface area contributed by atoms with Crippen LogP contribution < -0.4 is 5.32 Å². The second-order valence-corrected chi connectivity index (χ2v) is 6.00. The molecule has 2 aromatic heterocycles. The maximum atomic E-state index is 9.08. The number of aryl methyl sites for hydroxylation is 2. The topological polar surface area (TPSA) is 67.9 Å². The van der Waals surface area contributed by atoms with Crippen molar-refractivity contribution in [3.05, 3.63) is 34.9 Å². The zero-order valence-corrected chi connectivity index (χ0v) is 14.2. The van der Waals surface area contributed by atoms with Crippen molar-refractivity contribution in [2.75, 3.05) is 6.61 Å². The average Bonchev–Trinajstić information content (AvgIpc) is 3.02. The lowest BCUT2D eigenvalue weighted by Gasteiger charge is -2.22. The molecule has 0 amide bonds. The molecule has 122 valence electrons. The third-order valence-electron chi connectivity index (χ3n) is 4.32. The molecule has 0 radical (unpaired) electrons. The molecule has 2 atom stereocenters. The Hall–Kier alpha value is -1.66. The molecule has 2 aromatic rings. The lowest BCUT2D eigenvalue weighted by molar-refractivity contribution is 0.267. The Morgan fingerprint density at radius 2 is 2.00 bits per heavy atom. The fraction of sp³-hybridized carbons (Fsp3) is 0.625. The van der Waals surface area contributed by atoms with Crippen LogP contribution in [-0.4, -0.2) is 37.3 Å². The van der Waals surface area contributed by atoms with Gasteiger partial charge in [0.2, 0.25) is 0 Å². The summed E-state index contributed by atoms with van der Waals surface area (Å²) in [6.45, 7) is 11.9. The predicted octanol–water partition coefficient (Wildman–Crippen LogP) is 1.74. The molecule has 0 spiro atoms. The van der Waals surface area contributed by atoms with Crippen molar-refractivity contribution in [1.82, 2.24) is 24.9 Å². The zero-order valence-electron chi connectivity index (χ0n) is 14.2. The Kier molecular flexibility index (Phi) is 5.37. The molecule has 0 aliphatic carbocycles. The first-order valence-corrected chi connectivity index (χ1v) is 7.82. The van der Waals surface area contributed by atoms with Gasteiger partial charge in [-0.3, -0.25) is 9.36 Å². The summed E-state index contributed by atoms with van der Waals surface area (Å²) in [5.74, 6) is 0. The fourth-order valence-corrected chi connectivity index (χ4v) is 2.62. The van der Waals surface area contributed by atoms with E-state index in [-0.39, 0.29) is 12.6 Å². The van der Waals surface area contributed by atoms with Crippen molar-refractivity contribution < 1.29 is 5.11 Å². The summed E-state index contributed by atoms with van der Waals surface area (Å²) < 4.78 is 3.87. The first-order valence-electron chi connectivity index (χ1n) is 7.82. The molecular formula is C16H27N5O. The van der Waals surface area contributed by atoms with Gasteiger partial charge < -0.3 is 10.4 Å². The van der Waals surface area contributed by atoms with Gasteiger partial charge >= 0.3 is 0 Å². The molecule has 0 aliphatic rings. The van der Waals surface area contributed by atoms with E-state index in [0.717, 1.165) is 17.9 Å². The maximum Gasteiger partial charge on any atom is 0.0644 e. The zero-order chi connectivity index (χ0) is 16.3. The van der Waals surface area contributed by atoms with Crippen LogP contribution >= 0.6 is 0 Å². The SMILES string of the molecule is Cc1cnn([C@H](C)[C@@H](C)NCc2c(C)nn(CCO)c2C)c1. The number of nitrogens with zero attached hydrogens (tertiary/aromatic N) is 4. The van der Waals surface area contributed by atoms with Gasteiger partial charge in [0.25, 0.3) is 0 Å². The molecular weight excluding hydrogens is 278 g/mol. The van der Waals surface area contributed by atoms with Gasteiger partial charge in [-0.25, -0.2) is 0 Å². The van der Waals surface area contributed by atoms with Gasteiger partial charge in [0.05, 0.1) is 31.1 Å².